The lowest BCUT2D eigenvalue weighted by atomic mass is 9.99. The van der Waals surface area contributed by atoms with E-state index in [1.165, 1.54) is 19.3 Å². The highest BCUT2D eigenvalue weighted by Crippen LogP contribution is 2.27. The van der Waals surface area contributed by atoms with Crippen molar-refractivity contribution >= 4 is 0 Å². The van der Waals surface area contributed by atoms with Gasteiger partial charge in [-0.15, -0.1) is 0 Å². The molecule has 90 valence electrons. The molecule has 0 aromatic heterocycles. The summed E-state index contributed by atoms with van der Waals surface area (Å²) in [5.41, 5.74) is 6.18. The van der Waals surface area contributed by atoms with E-state index < -0.39 is 0 Å². The lowest BCUT2D eigenvalue weighted by Crippen LogP contribution is -2.43. The summed E-state index contributed by atoms with van der Waals surface area (Å²) in [4.78, 5) is 2.50. The van der Waals surface area contributed by atoms with Crippen LogP contribution >= 0.6 is 0 Å². The minimum absolute atomic E-state index is 0.312. The Hall–Kier alpha value is -0.120. The summed E-state index contributed by atoms with van der Waals surface area (Å²) in [6.45, 7) is 7.34. The summed E-state index contributed by atoms with van der Waals surface area (Å²) >= 11 is 0. The molecule has 0 spiro atoms. The van der Waals surface area contributed by atoms with Crippen LogP contribution in [0, 0.1) is 5.92 Å². The standard InChI is InChI=1S/C12H26N2O/c1-4-10(2)12(13)9-14(7-8-15-3)11-5-6-11/h10-12H,4-9,13H2,1-3H3. The van der Waals surface area contributed by atoms with E-state index in [9.17, 15) is 0 Å². The maximum atomic E-state index is 6.18. The minimum Gasteiger partial charge on any atom is -0.383 e. The fourth-order valence-corrected chi connectivity index (χ4v) is 1.82. The van der Waals surface area contributed by atoms with Crippen molar-refractivity contribution < 1.29 is 4.74 Å². The second-order valence-electron chi connectivity index (χ2n) is 4.77. The van der Waals surface area contributed by atoms with E-state index >= 15 is 0 Å². The van der Waals surface area contributed by atoms with E-state index in [1.54, 1.807) is 7.11 Å². The summed E-state index contributed by atoms with van der Waals surface area (Å²) in [6.07, 6.45) is 3.86. The molecule has 1 fully saturated rings. The van der Waals surface area contributed by atoms with Crippen LogP contribution in [0.2, 0.25) is 0 Å². The predicted octanol–water partition coefficient (Wildman–Crippen LogP) is 1.47. The monoisotopic (exact) mass is 214 g/mol. The Morgan fingerprint density at radius 1 is 1.47 bits per heavy atom. The van der Waals surface area contributed by atoms with Crippen LogP contribution in [0.4, 0.5) is 0 Å². The van der Waals surface area contributed by atoms with Gasteiger partial charge in [-0.2, -0.15) is 0 Å². The van der Waals surface area contributed by atoms with E-state index in [0.29, 0.717) is 12.0 Å². The van der Waals surface area contributed by atoms with Crippen LogP contribution in [0.15, 0.2) is 0 Å². The lowest BCUT2D eigenvalue weighted by molar-refractivity contribution is 0.134. The molecule has 1 aliphatic rings. The summed E-state index contributed by atoms with van der Waals surface area (Å²) in [5.74, 6) is 0.619. The third kappa shape index (κ3) is 4.49. The van der Waals surface area contributed by atoms with E-state index in [2.05, 4.69) is 18.7 Å². The maximum Gasteiger partial charge on any atom is 0.0589 e. The normalized spacial score (nSPS) is 20.6. The van der Waals surface area contributed by atoms with Crippen molar-refractivity contribution in [2.24, 2.45) is 11.7 Å². The van der Waals surface area contributed by atoms with Gasteiger partial charge < -0.3 is 10.5 Å². The van der Waals surface area contributed by atoms with Crippen LogP contribution in [0.5, 0.6) is 0 Å². The molecule has 0 amide bonds. The Morgan fingerprint density at radius 3 is 2.60 bits per heavy atom. The molecule has 0 heterocycles. The minimum atomic E-state index is 0.312. The topological polar surface area (TPSA) is 38.5 Å². The average Bonchev–Trinajstić information content (AvgIpc) is 3.06. The molecular weight excluding hydrogens is 188 g/mol. The first kappa shape index (κ1) is 12.9. The van der Waals surface area contributed by atoms with Crippen molar-refractivity contribution in [3.8, 4) is 0 Å². The van der Waals surface area contributed by atoms with E-state index in [-0.39, 0.29) is 0 Å². The van der Waals surface area contributed by atoms with Crippen LogP contribution in [0.25, 0.3) is 0 Å². The zero-order valence-electron chi connectivity index (χ0n) is 10.4. The van der Waals surface area contributed by atoms with Gasteiger partial charge in [-0.25, -0.2) is 0 Å². The molecule has 0 aliphatic heterocycles. The molecule has 3 nitrogen and oxygen atoms in total. The van der Waals surface area contributed by atoms with Crippen LogP contribution in [0.1, 0.15) is 33.1 Å². The highest BCUT2D eigenvalue weighted by Gasteiger charge is 2.30. The first-order valence-electron chi connectivity index (χ1n) is 6.17. The quantitative estimate of drug-likeness (QED) is 0.665. The zero-order chi connectivity index (χ0) is 11.3. The second kappa shape index (κ2) is 6.46. The van der Waals surface area contributed by atoms with Crippen molar-refractivity contribution in [3.05, 3.63) is 0 Å². The summed E-state index contributed by atoms with van der Waals surface area (Å²) in [6, 6.07) is 1.10. The second-order valence-corrected chi connectivity index (χ2v) is 4.77. The molecule has 3 heteroatoms. The summed E-state index contributed by atoms with van der Waals surface area (Å²) < 4.78 is 5.14. The smallest absolute Gasteiger partial charge is 0.0589 e. The Bertz CT molecular complexity index is 171. The summed E-state index contributed by atoms with van der Waals surface area (Å²) in [5, 5.41) is 0. The van der Waals surface area contributed by atoms with Crippen molar-refractivity contribution in [2.45, 2.75) is 45.2 Å². The maximum absolute atomic E-state index is 6.18. The molecule has 0 aromatic rings. The van der Waals surface area contributed by atoms with Gasteiger partial charge in [-0.1, -0.05) is 20.3 Å². The zero-order valence-corrected chi connectivity index (χ0v) is 10.4. The number of methoxy groups -OCH3 is 1. The number of nitrogens with zero attached hydrogens (tertiary/aromatic N) is 1. The Balaban J connectivity index is 2.29. The molecule has 2 N–H and O–H groups in total. The van der Waals surface area contributed by atoms with Crippen LogP contribution < -0.4 is 5.73 Å². The number of rotatable bonds is 8. The van der Waals surface area contributed by atoms with Crippen LogP contribution in [-0.4, -0.2) is 43.8 Å². The Labute approximate surface area is 94.0 Å². The number of ether oxygens (including phenoxy) is 1. The van der Waals surface area contributed by atoms with Gasteiger partial charge >= 0.3 is 0 Å². The van der Waals surface area contributed by atoms with Crippen LogP contribution in [-0.2, 0) is 4.74 Å². The molecule has 0 radical (unpaired) electrons. The van der Waals surface area contributed by atoms with Gasteiger partial charge in [0.05, 0.1) is 6.61 Å². The largest absolute Gasteiger partial charge is 0.383 e. The highest BCUT2D eigenvalue weighted by molar-refractivity contribution is 4.87. The van der Waals surface area contributed by atoms with Gasteiger partial charge in [0, 0.05) is 32.3 Å². The molecule has 15 heavy (non-hydrogen) atoms. The van der Waals surface area contributed by atoms with Gasteiger partial charge in [0.25, 0.3) is 0 Å². The SMILES string of the molecule is CCC(C)C(N)CN(CCOC)C1CC1. The van der Waals surface area contributed by atoms with Crippen molar-refractivity contribution in [2.75, 3.05) is 26.8 Å². The Morgan fingerprint density at radius 2 is 2.13 bits per heavy atom. The molecule has 1 saturated carbocycles. The molecular formula is C12H26N2O. The Kier molecular flexibility index (Phi) is 5.58. The fraction of sp³-hybridized carbons (Fsp3) is 1.00. The molecule has 2 unspecified atom stereocenters. The summed E-state index contributed by atoms with van der Waals surface area (Å²) in [7, 11) is 1.76. The molecule has 1 rings (SSSR count). The van der Waals surface area contributed by atoms with E-state index in [1.807, 2.05) is 0 Å². The van der Waals surface area contributed by atoms with Gasteiger partial charge in [-0.3, -0.25) is 4.90 Å². The van der Waals surface area contributed by atoms with Crippen LogP contribution in [0.3, 0.4) is 0 Å². The number of nitrogens with two attached hydrogens (primary N) is 1. The van der Waals surface area contributed by atoms with Gasteiger partial charge in [0.1, 0.15) is 0 Å². The van der Waals surface area contributed by atoms with Gasteiger partial charge in [-0.05, 0) is 18.8 Å². The van der Waals surface area contributed by atoms with Gasteiger partial charge in [0.15, 0.2) is 0 Å². The lowest BCUT2D eigenvalue weighted by Gasteiger charge is -2.28. The average molecular weight is 214 g/mol. The van der Waals surface area contributed by atoms with E-state index in [4.69, 9.17) is 10.5 Å². The number of hydrogen-bond donors (Lipinski definition) is 1. The van der Waals surface area contributed by atoms with Gasteiger partial charge in [0.2, 0.25) is 0 Å². The third-order valence-electron chi connectivity index (χ3n) is 3.47. The predicted molar refractivity (Wildman–Crippen MR) is 63.9 cm³/mol. The van der Waals surface area contributed by atoms with Crippen molar-refractivity contribution in [1.82, 2.24) is 4.90 Å². The first-order valence-corrected chi connectivity index (χ1v) is 6.17. The van der Waals surface area contributed by atoms with Crippen molar-refractivity contribution in [3.63, 3.8) is 0 Å². The number of hydrogen-bond acceptors (Lipinski definition) is 3. The molecule has 0 aromatic carbocycles. The first-order chi connectivity index (χ1) is 7.19. The molecule has 0 saturated heterocycles. The third-order valence-corrected chi connectivity index (χ3v) is 3.47. The fourth-order valence-electron chi connectivity index (χ4n) is 1.82. The van der Waals surface area contributed by atoms with Crippen molar-refractivity contribution in [1.29, 1.82) is 0 Å². The van der Waals surface area contributed by atoms with E-state index in [0.717, 1.165) is 25.7 Å². The molecule has 1 aliphatic carbocycles. The highest BCUT2D eigenvalue weighted by atomic mass is 16.5. The molecule has 2 atom stereocenters. The molecule has 0 bridgehead atoms.